The van der Waals surface area contributed by atoms with E-state index in [0.29, 0.717) is 31.4 Å². The van der Waals surface area contributed by atoms with E-state index in [1.807, 2.05) is 6.26 Å². The molecule has 1 saturated heterocycles. The molecule has 0 radical (unpaired) electrons. The van der Waals surface area contributed by atoms with Crippen LogP contribution in [-0.2, 0) is 19.2 Å². The maximum Gasteiger partial charge on any atom is 0.326 e. The van der Waals surface area contributed by atoms with E-state index in [1.165, 1.54) is 16.7 Å². The van der Waals surface area contributed by atoms with Crippen LogP contribution < -0.4 is 27.8 Å². The summed E-state index contributed by atoms with van der Waals surface area (Å²) in [5.74, 6) is -2.47. The topological polar surface area (TPSA) is 226 Å². The summed E-state index contributed by atoms with van der Waals surface area (Å²) < 4.78 is 0. The largest absolute Gasteiger partial charge is 0.480 e. The van der Waals surface area contributed by atoms with Gasteiger partial charge in [-0.05, 0) is 44.1 Å². The lowest BCUT2D eigenvalue weighted by Crippen LogP contribution is -2.57. The van der Waals surface area contributed by atoms with Crippen LogP contribution in [-0.4, -0.2) is 101 Å². The van der Waals surface area contributed by atoms with Crippen LogP contribution in [0.5, 0.6) is 0 Å². The smallest absolute Gasteiger partial charge is 0.326 e. The van der Waals surface area contributed by atoms with Crippen molar-refractivity contribution < 1.29 is 29.4 Å². The van der Waals surface area contributed by atoms with Gasteiger partial charge >= 0.3 is 5.97 Å². The number of thioether (sulfide) groups is 1. The number of nitrogens with one attached hydrogen (secondary N) is 2. The highest BCUT2D eigenvalue weighted by Crippen LogP contribution is 2.19. The van der Waals surface area contributed by atoms with Crippen LogP contribution in [0.25, 0.3) is 0 Å². The van der Waals surface area contributed by atoms with Crippen LogP contribution in [0.2, 0.25) is 0 Å². The van der Waals surface area contributed by atoms with Gasteiger partial charge in [-0.25, -0.2) is 4.79 Å². The molecule has 1 aliphatic heterocycles. The van der Waals surface area contributed by atoms with E-state index in [-0.39, 0.29) is 25.5 Å². The zero-order chi connectivity index (χ0) is 25.0. The molecule has 0 aromatic rings. The summed E-state index contributed by atoms with van der Waals surface area (Å²) in [6.07, 6.45) is 3.57. The zero-order valence-corrected chi connectivity index (χ0v) is 19.6. The van der Waals surface area contributed by atoms with Crippen molar-refractivity contribution in [1.29, 1.82) is 0 Å². The second kappa shape index (κ2) is 14.5. The van der Waals surface area contributed by atoms with Gasteiger partial charge in [-0.2, -0.15) is 11.8 Å². The van der Waals surface area contributed by atoms with Gasteiger partial charge in [0.05, 0.1) is 12.6 Å². The average molecular weight is 490 g/mol. The molecule has 10 N–H and O–H groups in total. The molecule has 1 heterocycles. The lowest BCUT2D eigenvalue weighted by molar-refractivity contribution is -0.145. The summed E-state index contributed by atoms with van der Waals surface area (Å²) in [6, 6.07) is -4.16. The number of amides is 3. The Balaban J connectivity index is 2.75. The third kappa shape index (κ3) is 9.43. The quantitative estimate of drug-likeness (QED) is 0.0750. The monoisotopic (exact) mass is 489 g/mol. The van der Waals surface area contributed by atoms with Crippen molar-refractivity contribution in [2.45, 2.75) is 56.3 Å². The van der Waals surface area contributed by atoms with Gasteiger partial charge in [0.1, 0.15) is 18.1 Å². The number of carbonyl (C=O) groups excluding carboxylic acids is 3. The fourth-order valence-electron chi connectivity index (χ4n) is 3.37. The molecular formula is C19H35N7O6S. The van der Waals surface area contributed by atoms with E-state index in [4.69, 9.17) is 17.2 Å². The summed E-state index contributed by atoms with van der Waals surface area (Å²) in [6.45, 7) is -0.204. The molecule has 13 nitrogen and oxygen atoms in total. The molecule has 1 fully saturated rings. The number of carboxylic acids is 1. The molecule has 0 aliphatic carbocycles. The van der Waals surface area contributed by atoms with Crippen LogP contribution in [0.3, 0.4) is 0 Å². The number of nitrogens with two attached hydrogens (primary N) is 3. The van der Waals surface area contributed by atoms with Crippen molar-refractivity contribution in [3.63, 3.8) is 0 Å². The number of rotatable bonds is 14. The third-order valence-corrected chi connectivity index (χ3v) is 5.81. The first-order valence-corrected chi connectivity index (χ1v) is 12.1. The molecule has 0 spiro atoms. The molecule has 0 saturated carbocycles. The minimum atomic E-state index is -1.25. The predicted octanol–water partition coefficient (Wildman–Crippen LogP) is -2.84. The normalized spacial score (nSPS) is 18.2. The number of likely N-dealkylation sites (tertiary alicyclic amines) is 1. The number of aliphatic carboxylic acids is 1. The van der Waals surface area contributed by atoms with Gasteiger partial charge < -0.3 is 42.9 Å². The molecule has 4 unspecified atom stereocenters. The van der Waals surface area contributed by atoms with E-state index >= 15 is 0 Å². The first-order chi connectivity index (χ1) is 15.6. The minimum Gasteiger partial charge on any atom is -0.480 e. The summed E-state index contributed by atoms with van der Waals surface area (Å²) in [7, 11) is 0. The number of aliphatic hydroxyl groups excluding tert-OH is 1. The Bertz CT molecular complexity index is 719. The molecule has 1 aliphatic rings. The van der Waals surface area contributed by atoms with Gasteiger partial charge in [0.25, 0.3) is 0 Å². The molecule has 0 bridgehead atoms. The predicted molar refractivity (Wildman–Crippen MR) is 124 cm³/mol. The van der Waals surface area contributed by atoms with E-state index < -0.39 is 54.5 Å². The number of aliphatic hydroxyl groups is 1. The number of carbonyl (C=O) groups is 4. The highest BCUT2D eigenvalue weighted by atomic mass is 32.2. The van der Waals surface area contributed by atoms with E-state index in [9.17, 15) is 29.4 Å². The van der Waals surface area contributed by atoms with Gasteiger partial charge in [0.15, 0.2) is 5.96 Å². The number of nitrogens with zero attached hydrogens (tertiary/aromatic N) is 2. The summed E-state index contributed by atoms with van der Waals surface area (Å²) >= 11 is 1.53. The Hall–Kier alpha value is -2.58. The second-order valence-electron chi connectivity index (χ2n) is 7.67. The van der Waals surface area contributed by atoms with Crippen molar-refractivity contribution in [3.05, 3.63) is 0 Å². The molecule has 0 aromatic heterocycles. The lowest BCUT2D eigenvalue weighted by atomic mass is 10.1. The van der Waals surface area contributed by atoms with E-state index in [2.05, 4.69) is 15.6 Å². The Morgan fingerprint density at radius 2 is 1.88 bits per heavy atom. The van der Waals surface area contributed by atoms with Gasteiger partial charge in [-0.1, -0.05) is 0 Å². The number of guanidine groups is 1. The van der Waals surface area contributed by atoms with Crippen LogP contribution in [0.15, 0.2) is 4.99 Å². The summed E-state index contributed by atoms with van der Waals surface area (Å²) in [4.78, 5) is 54.5. The first-order valence-electron chi connectivity index (χ1n) is 10.7. The van der Waals surface area contributed by atoms with Crippen molar-refractivity contribution in [2.75, 3.05) is 31.7 Å². The van der Waals surface area contributed by atoms with Crippen molar-refractivity contribution in [3.8, 4) is 0 Å². The molecule has 3 amide bonds. The maximum absolute atomic E-state index is 12.9. The van der Waals surface area contributed by atoms with Gasteiger partial charge in [-0.3, -0.25) is 19.4 Å². The zero-order valence-electron chi connectivity index (χ0n) is 18.7. The fraction of sp³-hybridized carbons (Fsp3) is 0.737. The summed E-state index contributed by atoms with van der Waals surface area (Å²) in [5.41, 5.74) is 16.3. The molecule has 1 rings (SSSR count). The maximum atomic E-state index is 12.9. The highest BCUT2D eigenvalue weighted by Gasteiger charge is 2.38. The van der Waals surface area contributed by atoms with Gasteiger partial charge in [-0.15, -0.1) is 0 Å². The van der Waals surface area contributed by atoms with Crippen molar-refractivity contribution >= 4 is 41.4 Å². The van der Waals surface area contributed by atoms with Crippen molar-refractivity contribution in [1.82, 2.24) is 15.5 Å². The molecule has 188 valence electrons. The second-order valence-corrected chi connectivity index (χ2v) is 8.66. The SMILES string of the molecule is CSCCC(N)C(=O)NC(CO)C(=O)N1CCCC1C(=O)NC(CCCN=C(N)N)C(=O)O. The van der Waals surface area contributed by atoms with Gasteiger partial charge in [0, 0.05) is 13.1 Å². The van der Waals surface area contributed by atoms with Crippen LogP contribution >= 0.6 is 11.8 Å². The third-order valence-electron chi connectivity index (χ3n) is 5.17. The standard InChI is InChI=1S/C19H35N7O6S/c1-33-9-6-11(20)15(28)25-13(10-27)17(30)26-8-3-5-14(26)16(29)24-12(18(31)32)4-2-7-23-19(21)22/h11-14,27H,2-10,20H2,1H3,(H,24,29)(H,25,28)(H,31,32)(H4,21,22,23). The lowest BCUT2D eigenvalue weighted by Gasteiger charge is -2.29. The Labute approximate surface area is 196 Å². The Kier molecular flexibility index (Phi) is 12.5. The minimum absolute atomic E-state index is 0.0990. The number of hydrogen-bond donors (Lipinski definition) is 7. The number of carboxylic acid groups (broad SMARTS) is 1. The van der Waals surface area contributed by atoms with E-state index in [1.54, 1.807) is 0 Å². The van der Waals surface area contributed by atoms with E-state index in [0.717, 1.165) is 0 Å². The Morgan fingerprint density at radius 1 is 1.18 bits per heavy atom. The fourth-order valence-corrected chi connectivity index (χ4v) is 3.86. The molecule has 0 aromatic carbocycles. The molecule has 33 heavy (non-hydrogen) atoms. The molecule has 14 heteroatoms. The van der Waals surface area contributed by atoms with Crippen molar-refractivity contribution in [2.24, 2.45) is 22.2 Å². The number of aliphatic imine (C=N–C) groups is 1. The highest BCUT2D eigenvalue weighted by molar-refractivity contribution is 7.98. The molecular weight excluding hydrogens is 454 g/mol. The van der Waals surface area contributed by atoms with Crippen LogP contribution in [0, 0.1) is 0 Å². The number of hydrogen-bond acceptors (Lipinski definition) is 8. The molecule has 4 atom stereocenters. The summed E-state index contributed by atoms with van der Waals surface area (Å²) in [5, 5.41) is 24.0. The van der Waals surface area contributed by atoms with Gasteiger partial charge in [0.2, 0.25) is 17.7 Å². The van der Waals surface area contributed by atoms with Crippen LogP contribution in [0.4, 0.5) is 0 Å². The Morgan fingerprint density at radius 3 is 2.45 bits per heavy atom. The first kappa shape index (κ1) is 28.5. The van der Waals surface area contributed by atoms with Crippen LogP contribution in [0.1, 0.15) is 32.1 Å². The average Bonchev–Trinajstić information content (AvgIpc) is 3.26.